The summed E-state index contributed by atoms with van der Waals surface area (Å²) in [4.78, 5) is 24.6. The zero-order valence-electron chi connectivity index (χ0n) is 15.7. The van der Waals surface area contributed by atoms with E-state index in [1.54, 1.807) is 7.11 Å². The van der Waals surface area contributed by atoms with E-state index in [0.29, 0.717) is 11.6 Å². The third-order valence-electron chi connectivity index (χ3n) is 4.52. The Bertz CT molecular complexity index is 756. The van der Waals surface area contributed by atoms with Gasteiger partial charge in [-0.25, -0.2) is 0 Å². The van der Waals surface area contributed by atoms with E-state index >= 15 is 0 Å². The van der Waals surface area contributed by atoms with Crippen LogP contribution in [0.1, 0.15) is 50.3 Å². The van der Waals surface area contributed by atoms with Gasteiger partial charge in [-0.2, -0.15) is 0 Å². The van der Waals surface area contributed by atoms with Gasteiger partial charge in [-0.05, 0) is 48.6 Å². The average molecular weight is 354 g/mol. The maximum Gasteiger partial charge on any atom is 0.313 e. The van der Waals surface area contributed by atoms with Gasteiger partial charge in [0, 0.05) is 5.69 Å². The molecule has 2 N–H and O–H groups in total. The van der Waals surface area contributed by atoms with Crippen molar-refractivity contribution in [1.82, 2.24) is 5.32 Å². The van der Waals surface area contributed by atoms with E-state index < -0.39 is 11.8 Å². The quantitative estimate of drug-likeness (QED) is 0.770. The van der Waals surface area contributed by atoms with E-state index in [4.69, 9.17) is 4.74 Å². The van der Waals surface area contributed by atoms with Gasteiger partial charge >= 0.3 is 11.8 Å². The van der Waals surface area contributed by atoms with Gasteiger partial charge in [0.2, 0.25) is 0 Å². The highest BCUT2D eigenvalue weighted by Gasteiger charge is 2.19. The molecule has 138 valence electrons. The standard InChI is InChI=1S/C21H26N2O3/c1-5-14(2)18-8-6-7-9-19(18)23-21(25)20(24)22-15(3)16-10-12-17(26-4)13-11-16/h6-15H,5H2,1-4H3,(H,22,24)(H,23,25). The van der Waals surface area contributed by atoms with E-state index in [-0.39, 0.29) is 6.04 Å². The third kappa shape index (κ3) is 4.85. The number of nitrogens with one attached hydrogen (secondary N) is 2. The van der Waals surface area contributed by atoms with Crippen LogP contribution < -0.4 is 15.4 Å². The van der Waals surface area contributed by atoms with Crippen LogP contribution in [0.25, 0.3) is 0 Å². The molecule has 0 saturated carbocycles. The van der Waals surface area contributed by atoms with Crippen LogP contribution in [0.2, 0.25) is 0 Å². The van der Waals surface area contributed by atoms with Gasteiger partial charge in [0.05, 0.1) is 13.2 Å². The molecule has 5 nitrogen and oxygen atoms in total. The van der Waals surface area contributed by atoms with E-state index in [1.165, 1.54) is 0 Å². The highest BCUT2D eigenvalue weighted by Crippen LogP contribution is 2.26. The maximum absolute atomic E-state index is 12.3. The van der Waals surface area contributed by atoms with Gasteiger partial charge in [-0.3, -0.25) is 9.59 Å². The summed E-state index contributed by atoms with van der Waals surface area (Å²) in [5, 5.41) is 5.45. The second-order valence-electron chi connectivity index (χ2n) is 6.32. The molecular formula is C21H26N2O3. The number of rotatable bonds is 6. The fourth-order valence-electron chi connectivity index (χ4n) is 2.68. The Balaban J connectivity index is 2.02. The van der Waals surface area contributed by atoms with E-state index in [9.17, 15) is 9.59 Å². The molecule has 0 aliphatic carbocycles. The number of hydrogen-bond acceptors (Lipinski definition) is 3. The SMILES string of the molecule is CCC(C)c1ccccc1NC(=O)C(=O)NC(C)c1ccc(OC)cc1. The van der Waals surface area contributed by atoms with Crippen LogP contribution in [0.15, 0.2) is 48.5 Å². The number of amides is 2. The van der Waals surface area contributed by atoms with Gasteiger partial charge in [-0.15, -0.1) is 0 Å². The summed E-state index contributed by atoms with van der Waals surface area (Å²) in [7, 11) is 1.60. The lowest BCUT2D eigenvalue weighted by molar-refractivity contribution is -0.136. The van der Waals surface area contributed by atoms with Crippen molar-refractivity contribution in [2.45, 2.75) is 39.2 Å². The molecule has 0 bridgehead atoms. The predicted octanol–water partition coefficient (Wildman–Crippen LogP) is 4.02. The molecular weight excluding hydrogens is 328 g/mol. The van der Waals surface area contributed by atoms with Crippen molar-refractivity contribution in [2.24, 2.45) is 0 Å². The monoisotopic (exact) mass is 354 g/mol. The van der Waals surface area contributed by atoms with Crippen LogP contribution in [0, 0.1) is 0 Å². The largest absolute Gasteiger partial charge is 0.497 e. The van der Waals surface area contributed by atoms with Crippen LogP contribution >= 0.6 is 0 Å². The van der Waals surface area contributed by atoms with Gasteiger partial charge in [-0.1, -0.05) is 44.2 Å². The smallest absolute Gasteiger partial charge is 0.313 e. The van der Waals surface area contributed by atoms with E-state index in [0.717, 1.165) is 23.3 Å². The summed E-state index contributed by atoms with van der Waals surface area (Å²) in [6.07, 6.45) is 0.952. The normalized spacial score (nSPS) is 12.8. The summed E-state index contributed by atoms with van der Waals surface area (Å²) in [5.74, 6) is -0.284. The Kier molecular flexibility index (Phi) is 6.78. The highest BCUT2D eigenvalue weighted by molar-refractivity contribution is 6.39. The molecule has 0 aliphatic rings. The Morgan fingerprint density at radius 2 is 1.65 bits per heavy atom. The first-order valence-electron chi connectivity index (χ1n) is 8.81. The number of carbonyl (C=O) groups is 2. The van der Waals surface area contributed by atoms with Gasteiger partial charge in [0.25, 0.3) is 0 Å². The first-order valence-corrected chi connectivity index (χ1v) is 8.81. The van der Waals surface area contributed by atoms with Crippen LogP contribution in [0.5, 0.6) is 5.75 Å². The number of carbonyl (C=O) groups excluding carboxylic acids is 2. The maximum atomic E-state index is 12.3. The van der Waals surface area contributed by atoms with Crippen molar-refractivity contribution < 1.29 is 14.3 Å². The molecule has 0 heterocycles. The Labute approximate surface area is 154 Å². The molecule has 5 heteroatoms. The highest BCUT2D eigenvalue weighted by atomic mass is 16.5. The lowest BCUT2D eigenvalue weighted by Gasteiger charge is -2.17. The van der Waals surface area contributed by atoms with Crippen molar-refractivity contribution in [2.75, 3.05) is 12.4 Å². The van der Waals surface area contributed by atoms with Crippen LogP contribution in [0.3, 0.4) is 0 Å². The molecule has 2 aromatic rings. The van der Waals surface area contributed by atoms with Crippen LogP contribution in [-0.4, -0.2) is 18.9 Å². The fraction of sp³-hybridized carbons (Fsp3) is 0.333. The average Bonchev–Trinajstić information content (AvgIpc) is 2.67. The van der Waals surface area contributed by atoms with Crippen LogP contribution in [-0.2, 0) is 9.59 Å². The Morgan fingerprint density at radius 1 is 1.00 bits per heavy atom. The minimum absolute atomic E-state index is 0.288. The summed E-state index contributed by atoms with van der Waals surface area (Å²) in [6, 6.07) is 14.6. The summed E-state index contributed by atoms with van der Waals surface area (Å²) in [6.45, 7) is 6.02. The molecule has 2 atom stereocenters. The van der Waals surface area contributed by atoms with Crippen LogP contribution in [0.4, 0.5) is 5.69 Å². The second-order valence-corrected chi connectivity index (χ2v) is 6.32. The number of hydrogen-bond donors (Lipinski definition) is 2. The molecule has 2 amide bonds. The minimum atomic E-state index is -0.666. The predicted molar refractivity (Wildman–Crippen MR) is 103 cm³/mol. The number of benzene rings is 2. The molecule has 26 heavy (non-hydrogen) atoms. The number of para-hydroxylation sites is 1. The molecule has 0 saturated heterocycles. The number of methoxy groups -OCH3 is 1. The molecule has 0 aliphatic heterocycles. The summed E-state index contributed by atoms with van der Waals surface area (Å²) < 4.78 is 5.12. The molecule has 0 fully saturated rings. The van der Waals surface area contributed by atoms with Crippen molar-refractivity contribution in [3.63, 3.8) is 0 Å². The first kappa shape index (κ1) is 19.5. The Hall–Kier alpha value is -2.82. The summed E-state index contributed by atoms with van der Waals surface area (Å²) in [5.41, 5.74) is 2.60. The van der Waals surface area contributed by atoms with E-state index in [2.05, 4.69) is 24.5 Å². The van der Waals surface area contributed by atoms with Crippen molar-refractivity contribution in [1.29, 1.82) is 0 Å². The molecule has 2 unspecified atom stereocenters. The molecule has 2 rings (SSSR count). The molecule has 0 aromatic heterocycles. The number of anilines is 1. The third-order valence-corrected chi connectivity index (χ3v) is 4.52. The molecule has 2 aromatic carbocycles. The lowest BCUT2D eigenvalue weighted by Crippen LogP contribution is -2.37. The lowest BCUT2D eigenvalue weighted by atomic mass is 9.97. The first-order chi connectivity index (χ1) is 12.5. The van der Waals surface area contributed by atoms with Crippen molar-refractivity contribution in [3.05, 3.63) is 59.7 Å². The minimum Gasteiger partial charge on any atom is -0.497 e. The fourth-order valence-corrected chi connectivity index (χ4v) is 2.68. The molecule has 0 radical (unpaired) electrons. The van der Waals surface area contributed by atoms with Gasteiger partial charge in [0.15, 0.2) is 0 Å². The van der Waals surface area contributed by atoms with Crippen molar-refractivity contribution >= 4 is 17.5 Å². The van der Waals surface area contributed by atoms with Crippen molar-refractivity contribution in [3.8, 4) is 5.75 Å². The number of ether oxygens (including phenoxy) is 1. The zero-order chi connectivity index (χ0) is 19.1. The zero-order valence-corrected chi connectivity index (χ0v) is 15.7. The van der Waals surface area contributed by atoms with E-state index in [1.807, 2.05) is 55.5 Å². The van der Waals surface area contributed by atoms with Gasteiger partial charge < -0.3 is 15.4 Å². The Morgan fingerprint density at radius 3 is 2.27 bits per heavy atom. The summed E-state index contributed by atoms with van der Waals surface area (Å²) >= 11 is 0. The topological polar surface area (TPSA) is 67.4 Å². The second kappa shape index (κ2) is 9.04. The van der Waals surface area contributed by atoms with Gasteiger partial charge in [0.1, 0.15) is 5.75 Å². The molecule has 0 spiro atoms.